The van der Waals surface area contributed by atoms with Crippen molar-refractivity contribution in [1.82, 2.24) is 9.62 Å². The van der Waals surface area contributed by atoms with E-state index in [0.717, 1.165) is 28.0 Å². The summed E-state index contributed by atoms with van der Waals surface area (Å²) >= 11 is 0. The van der Waals surface area contributed by atoms with Gasteiger partial charge in [-0.3, -0.25) is 4.79 Å². The zero-order chi connectivity index (χ0) is 24.3. The van der Waals surface area contributed by atoms with E-state index >= 15 is 0 Å². The molecule has 1 aliphatic heterocycles. The van der Waals surface area contributed by atoms with Gasteiger partial charge in [0.25, 0.3) is 0 Å². The Bertz CT molecular complexity index is 1090. The van der Waals surface area contributed by atoms with E-state index < -0.39 is 10.0 Å². The highest BCUT2D eigenvalue weighted by Gasteiger charge is 2.32. The van der Waals surface area contributed by atoms with Gasteiger partial charge in [0, 0.05) is 19.0 Å². The average Bonchev–Trinajstić information content (AvgIpc) is 2.78. The highest BCUT2D eigenvalue weighted by Crippen LogP contribution is 2.32. The number of methoxy groups -OCH3 is 1. The summed E-state index contributed by atoms with van der Waals surface area (Å²) in [6.07, 6.45) is 1.03. The number of sulfonamides is 1. The smallest absolute Gasteiger partial charge is 0.243 e. The highest BCUT2D eigenvalue weighted by molar-refractivity contribution is 7.89. The second kappa shape index (κ2) is 10.3. The lowest BCUT2D eigenvalue weighted by atomic mass is 9.92. The first kappa shape index (κ1) is 25.2. The van der Waals surface area contributed by atoms with Crippen LogP contribution in [0.25, 0.3) is 0 Å². The van der Waals surface area contributed by atoms with Gasteiger partial charge in [-0.15, -0.1) is 0 Å². The first-order valence-electron chi connectivity index (χ1n) is 11.6. The van der Waals surface area contributed by atoms with Gasteiger partial charge in [0.2, 0.25) is 15.9 Å². The van der Waals surface area contributed by atoms with Gasteiger partial charge in [0.05, 0.1) is 18.0 Å². The third-order valence-electron chi connectivity index (χ3n) is 6.55. The van der Waals surface area contributed by atoms with Crippen molar-refractivity contribution in [3.8, 4) is 5.75 Å². The molecule has 0 bridgehead atoms. The Morgan fingerprint density at radius 3 is 2.18 bits per heavy atom. The number of hydrogen-bond donors (Lipinski definition) is 1. The minimum absolute atomic E-state index is 0.0174. The average molecular weight is 473 g/mol. The van der Waals surface area contributed by atoms with Crippen molar-refractivity contribution in [3.05, 3.63) is 58.7 Å². The minimum Gasteiger partial charge on any atom is -0.496 e. The Morgan fingerprint density at radius 1 is 1.03 bits per heavy atom. The molecule has 180 valence electrons. The lowest BCUT2D eigenvalue weighted by molar-refractivity contribution is -0.126. The van der Waals surface area contributed by atoms with Gasteiger partial charge in [-0.1, -0.05) is 31.5 Å². The molecule has 2 aromatic carbocycles. The molecule has 1 N–H and O–H groups in total. The summed E-state index contributed by atoms with van der Waals surface area (Å²) < 4.78 is 32.9. The molecule has 6 nitrogen and oxygen atoms in total. The third-order valence-corrected chi connectivity index (χ3v) is 8.46. The van der Waals surface area contributed by atoms with Gasteiger partial charge < -0.3 is 10.1 Å². The van der Waals surface area contributed by atoms with Gasteiger partial charge in [-0.25, -0.2) is 8.42 Å². The normalized spacial score (nSPS) is 16.6. The number of benzene rings is 2. The van der Waals surface area contributed by atoms with E-state index in [4.69, 9.17) is 4.74 Å². The maximum Gasteiger partial charge on any atom is 0.243 e. The van der Waals surface area contributed by atoms with Crippen molar-refractivity contribution in [3.63, 3.8) is 0 Å². The minimum atomic E-state index is -3.53. The van der Waals surface area contributed by atoms with E-state index in [-0.39, 0.29) is 17.9 Å². The van der Waals surface area contributed by atoms with Crippen molar-refractivity contribution >= 4 is 15.9 Å². The largest absolute Gasteiger partial charge is 0.496 e. The SMILES string of the molecule is COc1cc(C)c(C(C)NC(=O)C2CCN(S(=O)(=O)c3ccc(C)cc3)CC2)cc1C(C)C. The van der Waals surface area contributed by atoms with E-state index in [9.17, 15) is 13.2 Å². The van der Waals surface area contributed by atoms with Crippen LogP contribution in [0.2, 0.25) is 0 Å². The molecular weight excluding hydrogens is 436 g/mol. The number of amides is 1. The summed E-state index contributed by atoms with van der Waals surface area (Å²) in [5.74, 6) is 0.963. The predicted octanol–water partition coefficient (Wildman–Crippen LogP) is 4.71. The van der Waals surface area contributed by atoms with E-state index in [2.05, 4.69) is 25.2 Å². The fraction of sp³-hybridized carbons (Fsp3) is 0.500. The van der Waals surface area contributed by atoms with Crippen LogP contribution in [0.15, 0.2) is 41.3 Å². The van der Waals surface area contributed by atoms with Crippen LogP contribution in [-0.4, -0.2) is 38.8 Å². The zero-order valence-electron chi connectivity index (χ0n) is 20.5. The van der Waals surface area contributed by atoms with Crippen LogP contribution in [0, 0.1) is 19.8 Å². The van der Waals surface area contributed by atoms with Crippen LogP contribution in [0.3, 0.4) is 0 Å². The highest BCUT2D eigenvalue weighted by atomic mass is 32.2. The standard InChI is InChI=1S/C26H36N2O4S/c1-17(2)23-16-24(19(4)15-25(23)32-6)20(5)27-26(29)21-11-13-28(14-12-21)33(30,31)22-9-7-18(3)8-10-22/h7-10,15-17,20-21H,11-14H2,1-6H3,(H,27,29). The van der Waals surface area contributed by atoms with Crippen LogP contribution >= 0.6 is 0 Å². The second-order valence-electron chi connectivity index (χ2n) is 9.33. The van der Waals surface area contributed by atoms with Gasteiger partial charge in [-0.2, -0.15) is 4.31 Å². The number of nitrogens with one attached hydrogen (secondary N) is 1. The summed E-state index contributed by atoms with van der Waals surface area (Å²) in [5, 5.41) is 3.15. The number of hydrogen-bond acceptors (Lipinski definition) is 4. The number of rotatable bonds is 7. The van der Waals surface area contributed by atoms with Gasteiger partial charge in [-0.05, 0) is 80.5 Å². The van der Waals surface area contributed by atoms with Crippen molar-refractivity contribution in [2.24, 2.45) is 5.92 Å². The Balaban J connectivity index is 1.65. The monoisotopic (exact) mass is 472 g/mol. The van der Waals surface area contributed by atoms with Gasteiger partial charge in [0.1, 0.15) is 5.75 Å². The predicted molar refractivity (Wildman–Crippen MR) is 131 cm³/mol. The van der Waals surface area contributed by atoms with Crippen molar-refractivity contribution < 1.29 is 17.9 Å². The molecule has 7 heteroatoms. The second-order valence-corrected chi connectivity index (χ2v) is 11.3. The van der Waals surface area contributed by atoms with Crippen LogP contribution in [0.5, 0.6) is 5.75 Å². The quantitative estimate of drug-likeness (QED) is 0.633. The molecule has 1 atom stereocenters. The number of nitrogens with zero attached hydrogens (tertiary/aromatic N) is 1. The summed E-state index contributed by atoms with van der Waals surface area (Å²) in [6.45, 7) is 10.9. The molecule has 1 saturated heterocycles. The lowest BCUT2D eigenvalue weighted by Crippen LogP contribution is -2.43. The third kappa shape index (κ3) is 5.58. The Hall–Kier alpha value is -2.38. The van der Waals surface area contributed by atoms with Crippen LogP contribution < -0.4 is 10.1 Å². The topological polar surface area (TPSA) is 75.7 Å². The maximum atomic E-state index is 13.0. The number of carbonyl (C=O) groups excluding carboxylic acids is 1. The molecule has 0 aromatic heterocycles. The molecular formula is C26H36N2O4S. The molecule has 2 aromatic rings. The molecule has 0 saturated carbocycles. The summed E-state index contributed by atoms with van der Waals surface area (Å²) in [7, 11) is -1.85. The summed E-state index contributed by atoms with van der Waals surface area (Å²) in [4.78, 5) is 13.3. The summed E-state index contributed by atoms with van der Waals surface area (Å²) in [5.41, 5.74) is 4.29. The number of piperidine rings is 1. The number of ether oxygens (including phenoxy) is 1. The molecule has 1 unspecified atom stereocenters. The fourth-order valence-corrected chi connectivity index (χ4v) is 5.91. The van der Waals surface area contributed by atoms with E-state index in [1.807, 2.05) is 26.8 Å². The first-order chi connectivity index (χ1) is 15.5. The molecule has 0 radical (unpaired) electrons. The van der Waals surface area contributed by atoms with Crippen LogP contribution in [0.1, 0.15) is 67.8 Å². The lowest BCUT2D eigenvalue weighted by Gasteiger charge is -2.31. The van der Waals surface area contributed by atoms with E-state index in [0.29, 0.717) is 36.7 Å². The number of carbonyl (C=O) groups is 1. The molecule has 1 aliphatic rings. The Morgan fingerprint density at radius 2 is 1.64 bits per heavy atom. The van der Waals surface area contributed by atoms with Gasteiger partial charge >= 0.3 is 0 Å². The molecule has 1 amide bonds. The van der Waals surface area contributed by atoms with Crippen LogP contribution in [-0.2, 0) is 14.8 Å². The molecule has 1 heterocycles. The van der Waals surface area contributed by atoms with E-state index in [1.54, 1.807) is 31.4 Å². The maximum absolute atomic E-state index is 13.0. The van der Waals surface area contributed by atoms with Crippen LogP contribution in [0.4, 0.5) is 0 Å². The fourth-order valence-electron chi connectivity index (χ4n) is 4.44. The van der Waals surface area contributed by atoms with Crippen molar-refractivity contribution in [2.45, 2.75) is 64.3 Å². The molecule has 1 fully saturated rings. The zero-order valence-corrected chi connectivity index (χ0v) is 21.3. The summed E-state index contributed by atoms with van der Waals surface area (Å²) in [6, 6.07) is 10.9. The molecule has 33 heavy (non-hydrogen) atoms. The van der Waals surface area contributed by atoms with Gasteiger partial charge in [0.15, 0.2) is 0 Å². The molecule has 0 aliphatic carbocycles. The molecule has 3 rings (SSSR count). The van der Waals surface area contributed by atoms with Crippen molar-refractivity contribution in [2.75, 3.05) is 20.2 Å². The first-order valence-corrected chi connectivity index (χ1v) is 13.0. The Kier molecular flexibility index (Phi) is 7.85. The molecule has 0 spiro atoms. The number of aryl methyl sites for hydroxylation is 2. The Labute approximate surface area is 198 Å². The van der Waals surface area contributed by atoms with Crippen molar-refractivity contribution in [1.29, 1.82) is 0 Å². The van der Waals surface area contributed by atoms with E-state index in [1.165, 1.54) is 4.31 Å².